The fourth-order valence-corrected chi connectivity index (χ4v) is 4.12. The number of amides is 1. The molecule has 0 fully saturated rings. The molecule has 0 spiro atoms. The van der Waals surface area contributed by atoms with Gasteiger partial charge in [-0.1, -0.05) is 11.6 Å². The molecule has 32 heavy (non-hydrogen) atoms. The number of halogens is 4. The molecule has 0 saturated carbocycles. The van der Waals surface area contributed by atoms with Gasteiger partial charge in [-0.2, -0.15) is 27.8 Å². The molecule has 0 bridgehead atoms. The topological polar surface area (TPSA) is 118 Å². The van der Waals surface area contributed by atoms with Gasteiger partial charge in [0.15, 0.2) is 0 Å². The van der Waals surface area contributed by atoms with E-state index in [-0.39, 0.29) is 21.5 Å². The van der Waals surface area contributed by atoms with Crippen molar-refractivity contribution in [3.63, 3.8) is 0 Å². The van der Waals surface area contributed by atoms with Crippen LogP contribution in [0.3, 0.4) is 0 Å². The van der Waals surface area contributed by atoms with Crippen molar-refractivity contribution in [2.24, 2.45) is 0 Å². The number of rotatable bonds is 5. The van der Waals surface area contributed by atoms with E-state index in [1.165, 1.54) is 22.9 Å². The van der Waals surface area contributed by atoms with Crippen molar-refractivity contribution in [2.45, 2.75) is 11.3 Å². The number of sulfone groups is 1. The average molecular weight is 502 g/mol. The molecular formula is C18H11ClF3N5O3S2. The number of nitriles is 1. The number of alkyl halides is 3. The van der Waals surface area contributed by atoms with Crippen molar-refractivity contribution < 1.29 is 26.4 Å². The van der Waals surface area contributed by atoms with E-state index in [2.05, 4.69) is 14.7 Å². The minimum absolute atomic E-state index is 0.00245. The molecule has 0 aliphatic rings. The Morgan fingerprint density at radius 2 is 2.06 bits per heavy atom. The summed E-state index contributed by atoms with van der Waals surface area (Å²) in [4.78, 5) is 16.1. The van der Waals surface area contributed by atoms with Gasteiger partial charge in [0.1, 0.15) is 11.6 Å². The van der Waals surface area contributed by atoms with Crippen LogP contribution in [0.2, 0.25) is 5.02 Å². The zero-order valence-electron chi connectivity index (χ0n) is 15.9. The third-order valence-electron chi connectivity index (χ3n) is 3.93. The maximum absolute atomic E-state index is 13.1. The molecular weight excluding hydrogens is 491 g/mol. The summed E-state index contributed by atoms with van der Waals surface area (Å²) in [5, 5.41) is 11.0. The highest BCUT2D eigenvalue weighted by Crippen LogP contribution is 2.33. The van der Waals surface area contributed by atoms with Crippen LogP contribution < -0.4 is 5.32 Å². The fourth-order valence-electron chi connectivity index (χ4n) is 2.48. The standard InChI is InChI=1S/C18H11ClF3N5O3S2/c1-32(29,30)17-25-16(31-26-17)24-15(28)10(9-23)7-12-3-2-6-27(12)14-8-11(18(20,21)22)4-5-13(14)19/h2-8H,1H3,(H,24,25,26,28)/b10-7-. The Labute approximate surface area is 188 Å². The number of nitrogens with one attached hydrogen (secondary N) is 1. The summed E-state index contributed by atoms with van der Waals surface area (Å²) in [5.74, 6) is -0.911. The first-order valence-electron chi connectivity index (χ1n) is 8.41. The lowest BCUT2D eigenvalue weighted by Crippen LogP contribution is -2.14. The molecule has 0 radical (unpaired) electrons. The van der Waals surface area contributed by atoms with Crippen LogP contribution in [0.5, 0.6) is 0 Å². The largest absolute Gasteiger partial charge is 0.416 e. The molecule has 2 heterocycles. The predicted octanol–water partition coefficient (Wildman–Crippen LogP) is 3.95. The molecule has 2 aromatic heterocycles. The molecule has 0 saturated heterocycles. The number of carbonyl (C=O) groups is 1. The van der Waals surface area contributed by atoms with Crippen molar-refractivity contribution in [1.82, 2.24) is 13.9 Å². The Morgan fingerprint density at radius 1 is 1.34 bits per heavy atom. The highest BCUT2D eigenvalue weighted by Gasteiger charge is 2.31. The first kappa shape index (κ1) is 23.5. The third-order valence-corrected chi connectivity index (χ3v) is 5.84. The number of hydrogen-bond acceptors (Lipinski definition) is 7. The highest BCUT2D eigenvalue weighted by atomic mass is 35.5. The van der Waals surface area contributed by atoms with Gasteiger partial charge in [0.25, 0.3) is 11.1 Å². The maximum atomic E-state index is 13.1. The monoisotopic (exact) mass is 501 g/mol. The minimum Gasteiger partial charge on any atom is -0.316 e. The van der Waals surface area contributed by atoms with E-state index in [4.69, 9.17) is 11.6 Å². The molecule has 3 aromatic rings. The van der Waals surface area contributed by atoms with Crippen molar-refractivity contribution >= 4 is 50.1 Å². The van der Waals surface area contributed by atoms with Gasteiger partial charge in [0.2, 0.25) is 15.0 Å². The van der Waals surface area contributed by atoms with Crippen LogP contribution >= 0.6 is 23.1 Å². The second kappa shape index (κ2) is 8.73. The quantitative estimate of drug-likeness (QED) is 0.418. The summed E-state index contributed by atoms with van der Waals surface area (Å²) in [5.41, 5.74) is -1.13. The summed E-state index contributed by atoms with van der Waals surface area (Å²) in [6.45, 7) is 0. The molecule has 0 unspecified atom stereocenters. The van der Waals surface area contributed by atoms with Crippen molar-refractivity contribution in [1.29, 1.82) is 5.26 Å². The minimum atomic E-state index is -4.59. The Bertz CT molecular complexity index is 1370. The molecule has 1 amide bonds. The Morgan fingerprint density at radius 3 is 2.66 bits per heavy atom. The normalized spacial score (nSPS) is 12.4. The Hall–Kier alpha value is -3.21. The van der Waals surface area contributed by atoms with Gasteiger partial charge in [-0.3, -0.25) is 10.1 Å². The van der Waals surface area contributed by atoms with E-state index in [1.54, 1.807) is 6.07 Å². The maximum Gasteiger partial charge on any atom is 0.416 e. The molecule has 14 heteroatoms. The molecule has 1 N–H and O–H groups in total. The van der Waals surface area contributed by atoms with Crippen molar-refractivity contribution in [3.8, 4) is 11.8 Å². The second-order valence-corrected chi connectivity index (χ2v) is 9.31. The molecule has 0 atom stereocenters. The molecule has 1 aromatic carbocycles. The number of anilines is 1. The van der Waals surface area contributed by atoms with Gasteiger partial charge < -0.3 is 4.57 Å². The number of hydrogen-bond donors (Lipinski definition) is 1. The van der Waals surface area contributed by atoms with E-state index >= 15 is 0 Å². The van der Waals surface area contributed by atoms with E-state index in [9.17, 15) is 31.6 Å². The Balaban J connectivity index is 1.94. The second-order valence-electron chi connectivity index (χ2n) is 6.25. The first-order valence-corrected chi connectivity index (χ1v) is 11.5. The van der Waals surface area contributed by atoms with E-state index in [0.29, 0.717) is 11.5 Å². The summed E-state index contributed by atoms with van der Waals surface area (Å²) in [6.07, 6.45) is -1.13. The zero-order valence-corrected chi connectivity index (χ0v) is 18.3. The number of nitrogens with zero attached hydrogens (tertiary/aromatic N) is 4. The molecule has 3 rings (SSSR count). The summed E-state index contributed by atoms with van der Waals surface area (Å²) < 4.78 is 67.0. The van der Waals surface area contributed by atoms with Crippen LogP contribution in [0, 0.1) is 11.3 Å². The lowest BCUT2D eigenvalue weighted by atomic mass is 10.1. The fraction of sp³-hybridized carbons (Fsp3) is 0.111. The van der Waals surface area contributed by atoms with Crippen molar-refractivity contribution in [2.75, 3.05) is 11.6 Å². The summed E-state index contributed by atoms with van der Waals surface area (Å²) >= 11 is 6.68. The van der Waals surface area contributed by atoms with Gasteiger partial charge >= 0.3 is 6.18 Å². The van der Waals surface area contributed by atoms with Crippen LogP contribution in [0.25, 0.3) is 11.8 Å². The van der Waals surface area contributed by atoms with Gasteiger partial charge in [-0.25, -0.2) is 8.42 Å². The van der Waals surface area contributed by atoms with Gasteiger partial charge in [0, 0.05) is 29.7 Å². The summed E-state index contributed by atoms with van der Waals surface area (Å²) in [6, 6.07) is 7.44. The molecule has 0 aliphatic heterocycles. The smallest absolute Gasteiger partial charge is 0.316 e. The number of benzene rings is 1. The first-order chi connectivity index (χ1) is 14.9. The molecule has 166 valence electrons. The number of carbonyl (C=O) groups excluding carboxylic acids is 1. The van der Waals surface area contributed by atoms with Gasteiger partial charge in [0.05, 0.1) is 16.3 Å². The van der Waals surface area contributed by atoms with Gasteiger partial charge in [-0.15, -0.1) is 0 Å². The van der Waals surface area contributed by atoms with E-state index < -0.39 is 38.2 Å². The van der Waals surface area contributed by atoms with Crippen LogP contribution in [0.1, 0.15) is 11.3 Å². The third kappa shape index (κ3) is 5.16. The van der Waals surface area contributed by atoms with E-state index in [1.807, 2.05) is 0 Å². The zero-order chi connectivity index (χ0) is 23.7. The van der Waals surface area contributed by atoms with Crippen LogP contribution in [-0.4, -0.2) is 34.5 Å². The lowest BCUT2D eigenvalue weighted by Gasteiger charge is -2.13. The number of aromatic nitrogens is 3. The average Bonchev–Trinajstić information content (AvgIpc) is 3.34. The van der Waals surface area contributed by atoms with E-state index in [0.717, 1.165) is 30.5 Å². The van der Waals surface area contributed by atoms with Crippen LogP contribution in [-0.2, 0) is 20.8 Å². The van der Waals surface area contributed by atoms with Gasteiger partial charge in [-0.05, 0) is 36.4 Å². The predicted molar refractivity (Wildman–Crippen MR) is 111 cm³/mol. The molecule has 8 nitrogen and oxygen atoms in total. The molecule has 0 aliphatic carbocycles. The highest BCUT2D eigenvalue weighted by molar-refractivity contribution is 7.90. The lowest BCUT2D eigenvalue weighted by molar-refractivity contribution is -0.137. The summed E-state index contributed by atoms with van der Waals surface area (Å²) in [7, 11) is -3.68. The van der Waals surface area contributed by atoms with Crippen LogP contribution in [0.4, 0.5) is 18.3 Å². The van der Waals surface area contributed by atoms with Crippen molar-refractivity contribution in [3.05, 3.63) is 58.4 Å². The SMILES string of the molecule is CS(=O)(=O)c1nsc(NC(=O)/C(C#N)=C\c2cccn2-c2cc(C(F)(F)F)ccc2Cl)n1. The van der Waals surface area contributed by atoms with Crippen LogP contribution in [0.15, 0.2) is 47.3 Å². The Kier molecular flexibility index (Phi) is 6.40.